The summed E-state index contributed by atoms with van der Waals surface area (Å²) >= 11 is 0. The smallest absolute Gasteiger partial charge is 0.269 e. The van der Waals surface area contributed by atoms with Gasteiger partial charge in [-0.3, -0.25) is 10.1 Å². The van der Waals surface area contributed by atoms with E-state index in [2.05, 4.69) is 20.1 Å². The Balaban J connectivity index is 1.85. The minimum atomic E-state index is -2.91. The van der Waals surface area contributed by atoms with Gasteiger partial charge in [0.1, 0.15) is 36.1 Å². The second kappa shape index (κ2) is 13.9. The van der Waals surface area contributed by atoms with Crippen LogP contribution in [0.1, 0.15) is 6.42 Å². The van der Waals surface area contributed by atoms with E-state index in [1.807, 2.05) is 0 Å². The van der Waals surface area contributed by atoms with Crippen molar-refractivity contribution in [2.45, 2.75) is 73.3 Å². The summed E-state index contributed by atoms with van der Waals surface area (Å²) in [6.07, 6.45) is -15.6. The molecule has 3 rings (SSSR count). The van der Waals surface area contributed by atoms with E-state index in [4.69, 9.17) is 30.0 Å². The van der Waals surface area contributed by atoms with Gasteiger partial charge in [-0.15, -0.1) is 0 Å². The first-order valence-corrected chi connectivity index (χ1v) is 12.1. The monoisotopic (exact) mass is 600 g/mol. The van der Waals surface area contributed by atoms with Crippen molar-refractivity contribution in [2.24, 2.45) is 10.2 Å². The third-order valence-corrected chi connectivity index (χ3v) is 6.58. The van der Waals surface area contributed by atoms with Crippen molar-refractivity contribution in [2.75, 3.05) is 13.2 Å². The number of carboxylic acids is 1. The van der Waals surface area contributed by atoms with Crippen LogP contribution >= 0.6 is 0 Å². The number of benzene rings is 1. The predicted molar refractivity (Wildman–Crippen MR) is 129 cm³/mol. The molecule has 6 N–H and O–H groups in total. The molecule has 11 atom stereocenters. The molecule has 0 aliphatic carbocycles. The molecule has 230 valence electrons. The molecule has 4 unspecified atom stereocenters. The summed E-state index contributed by atoms with van der Waals surface area (Å²) in [6, 6.07) is 1.06. The first-order valence-electron chi connectivity index (χ1n) is 12.1. The van der Waals surface area contributed by atoms with Crippen LogP contribution in [0.3, 0.4) is 0 Å². The van der Waals surface area contributed by atoms with E-state index in [9.17, 15) is 50.7 Å². The molecule has 0 bridgehead atoms. The molecule has 1 aromatic rings. The van der Waals surface area contributed by atoms with Crippen LogP contribution in [-0.2, 0) is 19.0 Å². The predicted octanol–water partition coefficient (Wildman–Crippen LogP) is -2.90. The molecule has 0 saturated carbocycles. The van der Waals surface area contributed by atoms with Gasteiger partial charge in [0.2, 0.25) is 12.1 Å². The molecule has 2 aliphatic rings. The van der Waals surface area contributed by atoms with Crippen molar-refractivity contribution in [3.63, 3.8) is 0 Å². The molecule has 0 amide bonds. The minimum Gasteiger partial charge on any atom is -0.544 e. The van der Waals surface area contributed by atoms with Crippen LogP contribution in [-0.4, -0.2) is 122 Å². The van der Waals surface area contributed by atoms with E-state index in [-0.39, 0.29) is 11.4 Å². The van der Waals surface area contributed by atoms with Gasteiger partial charge in [0, 0.05) is 28.4 Å². The minimum absolute atomic E-state index is 0.0451. The quantitative estimate of drug-likeness (QED) is 0.0461. The van der Waals surface area contributed by atoms with Crippen molar-refractivity contribution < 1.29 is 64.4 Å². The number of hydrogen-bond acceptors (Lipinski definition) is 16. The molecule has 42 heavy (non-hydrogen) atoms. The number of carbonyl (C=O) groups excluding carboxylic acids is 1. The van der Waals surface area contributed by atoms with Crippen LogP contribution in [0.2, 0.25) is 0 Å². The highest BCUT2D eigenvalue weighted by molar-refractivity contribution is 5.73. The highest BCUT2D eigenvalue weighted by atomic mass is 16.7. The zero-order valence-corrected chi connectivity index (χ0v) is 21.3. The number of ether oxygens (including phenoxy) is 4. The Kier molecular flexibility index (Phi) is 10.8. The molecule has 21 heteroatoms. The van der Waals surface area contributed by atoms with E-state index in [0.29, 0.717) is 0 Å². The number of nitrogens with zero attached hydrogens (tertiary/aromatic N) is 7. The van der Waals surface area contributed by atoms with Crippen molar-refractivity contribution in [1.29, 1.82) is 0 Å². The van der Waals surface area contributed by atoms with Crippen LogP contribution in [0.5, 0.6) is 5.75 Å². The Bertz CT molecular complexity index is 1210. The maximum atomic E-state index is 12.2. The number of aliphatic carboxylic acids is 1. The molecule has 0 spiro atoms. The lowest BCUT2D eigenvalue weighted by Crippen LogP contribution is -2.67. The van der Waals surface area contributed by atoms with Gasteiger partial charge in [0.05, 0.1) is 48.5 Å². The molecule has 2 fully saturated rings. The molecule has 1 aromatic carbocycles. The van der Waals surface area contributed by atoms with Crippen molar-refractivity contribution in [3.8, 4) is 5.75 Å². The second-order valence-electron chi connectivity index (χ2n) is 9.23. The fraction of sp³-hybridized carbons (Fsp3) is 0.667. The number of rotatable bonds is 12. The van der Waals surface area contributed by atoms with Crippen LogP contribution < -0.4 is 9.84 Å². The number of azide groups is 2. The SMILES string of the molecule is [N-]=[N+]=N[C@@H]1C(O)C[C@](OCC2O[C@@H](Oc3ccc([N+](=O)[O-])cc3)C(O)[C@@H](O)[C@H]2O)(C(=O)[O-])OC1[C@H](N=[N+]=[N-])[C@H](O)CO. The first-order chi connectivity index (χ1) is 19.9. The summed E-state index contributed by atoms with van der Waals surface area (Å²) in [5.74, 6) is -5.06. The van der Waals surface area contributed by atoms with Crippen molar-refractivity contribution >= 4 is 11.7 Å². The number of carboxylic acid groups (broad SMARTS) is 1. The Morgan fingerprint density at radius 3 is 2.38 bits per heavy atom. The molecule has 2 heterocycles. The van der Waals surface area contributed by atoms with E-state index >= 15 is 0 Å². The summed E-state index contributed by atoms with van der Waals surface area (Å²) in [4.78, 5) is 27.5. The van der Waals surface area contributed by atoms with E-state index in [1.165, 1.54) is 12.1 Å². The van der Waals surface area contributed by atoms with Gasteiger partial charge in [0.25, 0.3) is 5.69 Å². The van der Waals surface area contributed by atoms with Gasteiger partial charge < -0.3 is 59.5 Å². The first kappa shape index (κ1) is 32.7. The highest BCUT2D eigenvalue weighted by Crippen LogP contribution is 2.36. The van der Waals surface area contributed by atoms with Gasteiger partial charge in [-0.25, -0.2) is 0 Å². The third kappa shape index (κ3) is 6.95. The summed E-state index contributed by atoms with van der Waals surface area (Å²) < 4.78 is 21.7. The number of nitro groups is 1. The number of aliphatic hydroxyl groups is 6. The fourth-order valence-electron chi connectivity index (χ4n) is 4.39. The molecule has 2 saturated heterocycles. The Morgan fingerprint density at radius 2 is 1.83 bits per heavy atom. The van der Waals surface area contributed by atoms with Crippen LogP contribution in [0, 0.1) is 10.1 Å². The van der Waals surface area contributed by atoms with Gasteiger partial charge >= 0.3 is 0 Å². The van der Waals surface area contributed by atoms with E-state index in [0.717, 1.165) is 12.1 Å². The highest BCUT2D eigenvalue weighted by Gasteiger charge is 2.53. The number of nitro benzene ring substituents is 1. The average Bonchev–Trinajstić information content (AvgIpc) is 2.96. The number of hydrogen-bond donors (Lipinski definition) is 6. The largest absolute Gasteiger partial charge is 0.544 e. The van der Waals surface area contributed by atoms with Crippen LogP contribution in [0.4, 0.5) is 5.69 Å². The Labute approximate surface area is 234 Å². The zero-order valence-electron chi connectivity index (χ0n) is 21.3. The standard InChI is InChI=1S/C21H27N7O14/c22-26-24-13-10(30)5-21(20(35)36,42-18(13)14(25-27-23)11(31)6-29)39-7-12-15(32)16(33)17(34)19(41-12)40-9-3-1-8(2-4-9)28(37)38/h1-4,10-19,29-34H,5-7H2,(H,35,36)/p-1/t10?,11-,12?,13-,14-,15+,16+,17?,18?,19-,21-/m1/s1. The maximum Gasteiger partial charge on any atom is 0.269 e. The molecule has 0 aromatic heterocycles. The average molecular weight is 600 g/mol. The molecule has 21 nitrogen and oxygen atoms in total. The zero-order chi connectivity index (χ0) is 31.2. The number of aliphatic hydroxyl groups excluding tert-OH is 6. The molecular formula is C21H26N7O14-. The lowest BCUT2D eigenvalue weighted by molar-refractivity contribution is -0.385. The third-order valence-electron chi connectivity index (χ3n) is 6.58. The summed E-state index contributed by atoms with van der Waals surface area (Å²) in [5.41, 5.74) is 17.5. The topological polar surface area (TPSA) is 339 Å². The lowest BCUT2D eigenvalue weighted by atomic mass is 9.88. The van der Waals surface area contributed by atoms with Crippen LogP contribution in [0.25, 0.3) is 20.9 Å². The summed E-state index contributed by atoms with van der Waals surface area (Å²) in [5, 5.41) is 90.9. The molecule has 2 aliphatic heterocycles. The molecular weight excluding hydrogens is 574 g/mol. The van der Waals surface area contributed by atoms with Gasteiger partial charge in [-0.2, -0.15) is 0 Å². The van der Waals surface area contributed by atoms with Gasteiger partial charge in [-0.05, 0) is 23.2 Å². The molecule has 0 radical (unpaired) electrons. The van der Waals surface area contributed by atoms with E-state index in [1.54, 1.807) is 0 Å². The number of carbonyl (C=O) groups is 1. The fourth-order valence-corrected chi connectivity index (χ4v) is 4.39. The maximum absolute atomic E-state index is 12.2. The Hall–Kier alpha value is -3.85. The van der Waals surface area contributed by atoms with Crippen LogP contribution in [0.15, 0.2) is 34.5 Å². The summed E-state index contributed by atoms with van der Waals surface area (Å²) in [6.45, 7) is -1.94. The van der Waals surface area contributed by atoms with Crippen molar-refractivity contribution in [1.82, 2.24) is 0 Å². The second-order valence-corrected chi connectivity index (χ2v) is 9.23. The lowest BCUT2D eigenvalue weighted by Gasteiger charge is -2.48. The normalized spacial score (nSPS) is 34.2. The number of non-ortho nitro benzene ring substituents is 1. The van der Waals surface area contributed by atoms with E-state index < -0.39 is 97.4 Å². The van der Waals surface area contributed by atoms with Gasteiger partial charge in [-0.1, -0.05) is 10.2 Å². The summed E-state index contributed by atoms with van der Waals surface area (Å²) in [7, 11) is 0. The van der Waals surface area contributed by atoms with Crippen molar-refractivity contribution in [3.05, 3.63) is 55.3 Å². The Morgan fingerprint density at radius 1 is 1.17 bits per heavy atom. The van der Waals surface area contributed by atoms with Gasteiger partial charge in [0.15, 0.2) is 0 Å².